The van der Waals surface area contributed by atoms with Crippen molar-refractivity contribution in [3.63, 3.8) is 0 Å². The molecule has 13 heteroatoms. The fourth-order valence-electron chi connectivity index (χ4n) is 3.80. The van der Waals surface area contributed by atoms with Crippen LogP contribution in [0.3, 0.4) is 0 Å². The molecule has 3 aromatic rings. The van der Waals surface area contributed by atoms with Gasteiger partial charge in [-0.1, -0.05) is 29.8 Å². The minimum atomic E-state index is -1.23. The van der Waals surface area contributed by atoms with Crippen LogP contribution in [0.4, 0.5) is 21.9 Å². The van der Waals surface area contributed by atoms with Gasteiger partial charge in [0.25, 0.3) is 5.91 Å². The largest absolute Gasteiger partial charge is 0.595 e. The first-order valence-corrected chi connectivity index (χ1v) is 13.0. The summed E-state index contributed by atoms with van der Waals surface area (Å²) in [5.74, 6) is -0.230. The highest BCUT2D eigenvalue weighted by molar-refractivity contribution is 6.34. The molecule has 1 atom stereocenters. The molecule has 3 amide bonds. The summed E-state index contributed by atoms with van der Waals surface area (Å²) in [6.07, 6.45) is 2.10. The van der Waals surface area contributed by atoms with Gasteiger partial charge in [0.05, 0.1) is 42.7 Å². The van der Waals surface area contributed by atoms with Crippen LogP contribution in [0.2, 0.25) is 5.02 Å². The number of nitriles is 2. The van der Waals surface area contributed by atoms with E-state index in [9.17, 15) is 20.0 Å². The van der Waals surface area contributed by atoms with Gasteiger partial charge in [-0.05, 0) is 42.0 Å². The van der Waals surface area contributed by atoms with E-state index < -0.39 is 17.2 Å². The predicted molar refractivity (Wildman–Crippen MR) is 157 cm³/mol. The average Bonchev–Trinajstić information content (AvgIpc) is 2.97. The lowest BCUT2D eigenvalue weighted by atomic mass is 10.1. The molecule has 42 heavy (non-hydrogen) atoms. The lowest BCUT2D eigenvalue weighted by Crippen LogP contribution is -2.99. The minimum Gasteiger partial charge on any atom is -0.595 e. The van der Waals surface area contributed by atoms with Crippen molar-refractivity contribution >= 4 is 46.7 Å². The van der Waals surface area contributed by atoms with E-state index in [4.69, 9.17) is 26.9 Å². The maximum atomic E-state index is 13.1. The first kappa shape index (κ1) is 31.4. The fourth-order valence-corrected chi connectivity index (χ4v) is 4.00. The van der Waals surface area contributed by atoms with Gasteiger partial charge >= 0.3 is 6.03 Å². The van der Waals surface area contributed by atoms with Gasteiger partial charge in [-0.25, -0.2) is 10.0 Å². The van der Waals surface area contributed by atoms with Crippen LogP contribution in [-0.2, 0) is 0 Å². The predicted octanol–water partition coefficient (Wildman–Crippen LogP) is 3.94. The van der Waals surface area contributed by atoms with Crippen LogP contribution >= 0.6 is 11.6 Å². The van der Waals surface area contributed by atoms with E-state index in [0.29, 0.717) is 42.9 Å². The molecule has 0 aliphatic rings. The summed E-state index contributed by atoms with van der Waals surface area (Å²) in [5.41, 5.74) is 1.60. The zero-order valence-corrected chi connectivity index (χ0v) is 23.3. The van der Waals surface area contributed by atoms with Crippen LogP contribution in [0.25, 0.3) is 6.08 Å². The summed E-state index contributed by atoms with van der Waals surface area (Å²) in [6, 6.07) is 21.0. The lowest BCUT2D eigenvalue weighted by Gasteiger charge is -2.22. The molecule has 1 unspecified atom stereocenters. The number of anilines is 2. The number of nitrogens with one attached hydrogen (secondary N) is 4. The van der Waals surface area contributed by atoms with Crippen molar-refractivity contribution in [3.8, 4) is 17.9 Å². The van der Waals surface area contributed by atoms with Crippen molar-refractivity contribution in [1.82, 2.24) is 10.6 Å². The van der Waals surface area contributed by atoms with Gasteiger partial charge in [0.1, 0.15) is 11.6 Å². The van der Waals surface area contributed by atoms with Gasteiger partial charge in [0.2, 0.25) is 0 Å². The molecule has 3 rings (SSSR count). The lowest BCUT2D eigenvalue weighted by molar-refractivity contribution is -0.991. The topological polar surface area (TPSA) is 178 Å². The number of amides is 3. The van der Waals surface area contributed by atoms with Gasteiger partial charge in [0.15, 0.2) is 5.69 Å². The van der Waals surface area contributed by atoms with Crippen molar-refractivity contribution in [2.45, 2.75) is 12.8 Å². The molecule has 0 aromatic heterocycles. The zero-order chi connectivity index (χ0) is 30.5. The molecule has 5 N–H and O–H groups in total. The van der Waals surface area contributed by atoms with Crippen molar-refractivity contribution in [2.75, 3.05) is 30.4 Å². The smallest absolute Gasteiger partial charge is 0.324 e. The third kappa shape index (κ3) is 9.23. The molecular formula is C29H28ClN7O5. The van der Waals surface area contributed by atoms with Crippen LogP contribution in [0, 0.1) is 27.9 Å². The molecule has 0 saturated heterocycles. The number of ether oxygens (including phenoxy) is 1. The van der Waals surface area contributed by atoms with Gasteiger partial charge in [-0.2, -0.15) is 15.8 Å². The van der Waals surface area contributed by atoms with E-state index in [0.717, 1.165) is 11.8 Å². The van der Waals surface area contributed by atoms with Crippen molar-refractivity contribution in [2.24, 2.45) is 0 Å². The second kappa shape index (κ2) is 15.6. The molecule has 0 aliphatic heterocycles. The van der Waals surface area contributed by atoms with Gasteiger partial charge in [-0.3, -0.25) is 10.1 Å². The monoisotopic (exact) mass is 589 g/mol. The third-order valence-electron chi connectivity index (χ3n) is 5.84. The summed E-state index contributed by atoms with van der Waals surface area (Å²) >= 11 is 6.17. The van der Waals surface area contributed by atoms with Crippen LogP contribution < -0.4 is 30.8 Å². The van der Waals surface area contributed by atoms with E-state index in [1.54, 1.807) is 48.5 Å². The maximum absolute atomic E-state index is 13.1. The molecule has 0 spiro atoms. The molecule has 0 bridgehead atoms. The summed E-state index contributed by atoms with van der Waals surface area (Å²) in [4.78, 5) is 27.9. The second-order valence-electron chi connectivity index (χ2n) is 8.72. The SMILES string of the molecule is COc1cccc(NC(=O)N/C(=C\c2ccc(N(CCC#N)CCC#N)cc2)NC(=O)c2cc([NH+]([O-])O)ccc2Cl)c1. The summed E-state index contributed by atoms with van der Waals surface area (Å²) < 4.78 is 5.18. The Kier molecular flexibility index (Phi) is 11.7. The fraction of sp³-hybridized carbons (Fsp3) is 0.172. The Hall–Kier alpha value is -5.11. The molecule has 3 aromatic carbocycles. The highest BCUT2D eigenvalue weighted by Crippen LogP contribution is 2.21. The average molecular weight is 590 g/mol. The van der Waals surface area contributed by atoms with Gasteiger partial charge < -0.3 is 25.5 Å². The van der Waals surface area contributed by atoms with Crippen molar-refractivity contribution in [3.05, 3.63) is 93.9 Å². The summed E-state index contributed by atoms with van der Waals surface area (Å²) in [7, 11) is 1.50. The number of hydrogen-bond donors (Lipinski definition) is 5. The Morgan fingerprint density at radius 3 is 2.36 bits per heavy atom. The van der Waals surface area contributed by atoms with Crippen LogP contribution in [0.1, 0.15) is 28.8 Å². The van der Waals surface area contributed by atoms with Crippen molar-refractivity contribution < 1.29 is 24.8 Å². The molecule has 0 saturated carbocycles. The van der Waals surface area contributed by atoms with E-state index in [2.05, 4.69) is 28.1 Å². The Morgan fingerprint density at radius 2 is 1.74 bits per heavy atom. The number of quaternary nitrogens is 1. The zero-order valence-electron chi connectivity index (χ0n) is 22.6. The molecule has 12 nitrogen and oxygen atoms in total. The normalized spacial score (nSPS) is 11.4. The second-order valence-corrected chi connectivity index (χ2v) is 9.13. The molecule has 216 valence electrons. The molecule has 0 fully saturated rings. The minimum absolute atomic E-state index is 0.0178. The molecule has 0 radical (unpaired) electrons. The number of carbonyl (C=O) groups excluding carboxylic acids is 2. The van der Waals surface area contributed by atoms with Crippen LogP contribution in [0.15, 0.2) is 72.6 Å². The number of carbonyl (C=O) groups is 2. The van der Waals surface area contributed by atoms with Crippen LogP contribution in [0.5, 0.6) is 5.75 Å². The highest BCUT2D eigenvalue weighted by atomic mass is 35.5. The third-order valence-corrected chi connectivity index (χ3v) is 6.17. The van der Waals surface area contributed by atoms with E-state index in [1.807, 2.05) is 4.90 Å². The quantitative estimate of drug-likeness (QED) is 0.197. The highest BCUT2D eigenvalue weighted by Gasteiger charge is 2.17. The van der Waals surface area contributed by atoms with E-state index >= 15 is 0 Å². The number of hydrogen-bond acceptors (Lipinski definition) is 8. The Labute approximate surface area is 247 Å². The standard InChI is InChI=1S/C29H28ClN7O5/c1-42-24-6-2-5-21(18-24)33-29(39)35-27(34-28(38)25-19-23(37(40)41)11-12-26(25)30)17-20-7-9-22(10-8-20)36(15-3-13-31)16-4-14-32/h2,5-12,17-19,37,40H,3-4,15-16H2,1H3,(H,34,38)(H2,33,35,39)/b27-17-. The molecule has 0 aliphatic carbocycles. The Morgan fingerprint density at radius 1 is 1.05 bits per heavy atom. The Balaban J connectivity index is 1.89. The number of nitrogens with zero attached hydrogens (tertiary/aromatic N) is 3. The van der Waals surface area contributed by atoms with E-state index in [-0.39, 0.29) is 22.1 Å². The summed E-state index contributed by atoms with van der Waals surface area (Å²) in [6.45, 7) is 0.910. The number of halogens is 1. The van der Waals surface area contributed by atoms with Crippen LogP contribution in [-0.4, -0.2) is 37.3 Å². The number of urea groups is 1. The first-order chi connectivity index (χ1) is 20.2. The van der Waals surface area contributed by atoms with Crippen molar-refractivity contribution in [1.29, 1.82) is 10.5 Å². The van der Waals surface area contributed by atoms with Gasteiger partial charge in [0, 0.05) is 42.7 Å². The number of methoxy groups -OCH3 is 1. The number of rotatable bonds is 12. The maximum Gasteiger partial charge on any atom is 0.324 e. The first-order valence-electron chi connectivity index (χ1n) is 12.6. The number of benzene rings is 3. The van der Waals surface area contributed by atoms with E-state index in [1.165, 1.54) is 25.3 Å². The Bertz CT molecular complexity index is 1500. The molecule has 0 heterocycles. The van der Waals surface area contributed by atoms with Gasteiger partial charge in [-0.15, -0.1) is 0 Å². The summed E-state index contributed by atoms with van der Waals surface area (Å²) in [5, 5.41) is 45.3. The molecular weight excluding hydrogens is 562 g/mol.